The SMILES string of the molecule is CCCNCCn1c(C)c(Br)c2ccccc21. The summed E-state index contributed by atoms with van der Waals surface area (Å²) in [7, 11) is 0. The van der Waals surface area contributed by atoms with Crippen LogP contribution in [-0.2, 0) is 6.54 Å². The zero-order chi connectivity index (χ0) is 12.3. The Morgan fingerprint density at radius 3 is 2.76 bits per heavy atom. The molecule has 2 aromatic rings. The monoisotopic (exact) mass is 294 g/mol. The van der Waals surface area contributed by atoms with E-state index in [9.17, 15) is 0 Å². The van der Waals surface area contributed by atoms with Crippen molar-refractivity contribution < 1.29 is 0 Å². The maximum atomic E-state index is 3.68. The van der Waals surface area contributed by atoms with E-state index in [2.05, 4.69) is 63.9 Å². The Hall–Kier alpha value is -0.800. The average molecular weight is 295 g/mol. The minimum absolute atomic E-state index is 1.03. The van der Waals surface area contributed by atoms with Crippen molar-refractivity contribution in [2.45, 2.75) is 26.8 Å². The number of halogens is 1. The zero-order valence-corrected chi connectivity index (χ0v) is 12.0. The van der Waals surface area contributed by atoms with Gasteiger partial charge in [-0.2, -0.15) is 0 Å². The molecule has 0 atom stereocenters. The molecule has 0 bridgehead atoms. The van der Waals surface area contributed by atoms with Crippen molar-refractivity contribution in [3.63, 3.8) is 0 Å². The summed E-state index contributed by atoms with van der Waals surface area (Å²) in [6.45, 7) is 7.51. The van der Waals surface area contributed by atoms with Crippen LogP contribution in [0.3, 0.4) is 0 Å². The molecule has 0 aliphatic heterocycles. The third-order valence-corrected chi connectivity index (χ3v) is 4.09. The fraction of sp³-hybridized carbons (Fsp3) is 0.429. The first-order chi connectivity index (χ1) is 8.25. The van der Waals surface area contributed by atoms with E-state index in [1.807, 2.05) is 0 Å². The third-order valence-electron chi connectivity index (χ3n) is 3.09. The highest BCUT2D eigenvalue weighted by Gasteiger charge is 2.10. The molecule has 3 heteroatoms. The van der Waals surface area contributed by atoms with E-state index in [0.29, 0.717) is 0 Å². The van der Waals surface area contributed by atoms with E-state index in [4.69, 9.17) is 0 Å². The maximum Gasteiger partial charge on any atom is 0.0494 e. The number of hydrogen-bond acceptors (Lipinski definition) is 1. The van der Waals surface area contributed by atoms with Crippen molar-refractivity contribution in [3.8, 4) is 0 Å². The predicted molar refractivity (Wildman–Crippen MR) is 77.5 cm³/mol. The van der Waals surface area contributed by atoms with Crippen LogP contribution >= 0.6 is 15.9 Å². The van der Waals surface area contributed by atoms with Gasteiger partial charge in [0, 0.05) is 34.2 Å². The number of nitrogens with zero attached hydrogens (tertiary/aromatic N) is 1. The first-order valence-corrected chi connectivity index (χ1v) is 6.99. The summed E-state index contributed by atoms with van der Waals surface area (Å²) in [4.78, 5) is 0. The van der Waals surface area contributed by atoms with Gasteiger partial charge in [0.15, 0.2) is 0 Å². The molecule has 0 radical (unpaired) electrons. The Bertz CT molecular complexity index is 502. The molecule has 0 aliphatic rings. The van der Waals surface area contributed by atoms with Crippen molar-refractivity contribution in [1.29, 1.82) is 0 Å². The first kappa shape index (κ1) is 12.7. The second kappa shape index (κ2) is 5.69. The molecular formula is C14H19BrN2. The van der Waals surface area contributed by atoms with Crippen LogP contribution < -0.4 is 5.32 Å². The van der Waals surface area contributed by atoms with E-state index in [1.54, 1.807) is 0 Å². The van der Waals surface area contributed by atoms with Crippen LogP contribution in [-0.4, -0.2) is 17.7 Å². The van der Waals surface area contributed by atoms with Crippen molar-refractivity contribution in [2.75, 3.05) is 13.1 Å². The second-order valence-corrected chi connectivity index (χ2v) is 5.11. The molecule has 0 spiro atoms. The van der Waals surface area contributed by atoms with Crippen LogP contribution in [0.1, 0.15) is 19.0 Å². The smallest absolute Gasteiger partial charge is 0.0494 e. The molecule has 1 aromatic carbocycles. The lowest BCUT2D eigenvalue weighted by molar-refractivity contribution is 0.597. The number of nitrogens with one attached hydrogen (secondary N) is 1. The predicted octanol–water partition coefficient (Wildman–Crippen LogP) is 3.71. The van der Waals surface area contributed by atoms with Gasteiger partial charge in [0.1, 0.15) is 0 Å². The third kappa shape index (κ3) is 2.55. The van der Waals surface area contributed by atoms with E-state index < -0.39 is 0 Å². The molecule has 92 valence electrons. The van der Waals surface area contributed by atoms with Gasteiger partial charge >= 0.3 is 0 Å². The van der Waals surface area contributed by atoms with Gasteiger partial charge in [0.25, 0.3) is 0 Å². The summed E-state index contributed by atoms with van der Waals surface area (Å²) >= 11 is 3.68. The lowest BCUT2D eigenvalue weighted by atomic mass is 10.2. The minimum atomic E-state index is 1.03. The van der Waals surface area contributed by atoms with Gasteiger partial charge in [0.05, 0.1) is 0 Å². The summed E-state index contributed by atoms with van der Waals surface area (Å²) in [5.74, 6) is 0. The Labute approximate surface area is 111 Å². The summed E-state index contributed by atoms with van der Waals surface area (Å²) in [6, 6.07) is 8.55. The van der Waals surface area contributed by atoms with Gasteiger partial charge in [-0.3, -0.25) is 0 Å². The standard InChI is InChI=1S/C14H19BrN2/c1-3-8-16-9-10-17-11(2)14(15)12-6-4-5-7-13(12)17/h4-7,16H,3,8-10H2,1-2H3. The molecular weight excluding hydrogens is 276 g/mol. The van der Waals surface area contributed by atoms with Crippen molar-refractivity contribution >= 4 is 26.8 Å². The number of para-hydroxylation sites is 1. The normalized spacial score (nSPS) is 11.2. The molecule has 0 unspecified atom stereocenters. The highest BCUT2D eigenvalue weighted by Crippen LogP contribution is 2.30. The Morgan fingerprint density at radius 1 is 1.24 bits per heavy atom. The highest BCUT2D eigenvalue weighted by atomic mass is 79.9. The van der Waals surface area contributed by atoms with E-state index in [0.717, 1.165) is 19.6 Å². The molecule has 17 heavy (non-hydrogen) atoms. The first-order valence-electron chi connectivity index (χ1n) is 6.19. The van der Waals surface area contributed by atoms with Gasteiger partial charge in [-0.15, -0.1) is 0 Å². The Kier molecular flexibility index (Phi) is 4.24. The van der Waals surface area contributed by atoms with E-state index in [1.165, 1.54) is 27.5 Å². The van der Waals surface area contributed by atoms with Crippen LogP contribution in [0.5, 0.6) is 0 Å². The zero-order valence-electron chi connectivity index (χ0n) is 10.5. The number of rotatable bonds is 5. The molecule has 1 aromatic heterocycles. The van der Waals surface area contributed by atoms with Gasteiger partial charge in [0.2, 0.25) is 0 Å². The molecule has 0 fully saturated rings. The Morgan fingerprint density at radius 2 is 2.00 bits per heavy atom. The molecule has 1 N–H and O–H groups in total. The number of aromatic nitrogens is 1. The number of benzene rings is 1. The van der Waals surface area contributed by atoms with Crippen molar-refractivity contribution in [3.05, 3.63) is 34.4 Å². The summed E-state index contributed by atoms with van der Waals surface area (Å²) < 4.78 is 3.60. The van der Waals surface area contributed by atoms with Gasteiger partial charge in [-0.1, -0.05) is 25.1 Å². The lowest BCUT2D eigenvalue weighted by Crippen LogP contribution is -2.20. The van der Waals surface area contributed by atoms with Crippen LogP contribution in [0.15, 0.2) is 28.7 Å². The topological polar surface area (TPSA) is 17.0 Å². The highest BCUT2D eigenvalue weighted by molar-refractivity contribution is 9.10. The largest absolute Gasteiger partial charge is 0.342 e. The fourth-order valence-corrected chi connectivity index (χ4v) is 2.72. The van der Waals surface area contributed by atoms with Crippen LogP contribution in [0.2, 0.25) is 0 Å². The van der Waals surface area contributed by atoms with E-state index >= 15 is 0 Å². The van der Waals surface area contributed by atoms with Crippen LogP contribution in [0.25, 0.3) is 10.9 Å². The average Bonchev–Trinajstić information content (AvgIpc) is 2.60. The van der Waals surface area contributed by atoms with Crippen molar-refractivity contribution in [1.82, 2.24) is 9.88 Å². The second-order valence-electron chi connectivity index (χ2n) is 4.32. The summed E-state index contributed by atoms with van der Waals surface area (Å²) in [5, 5.41) is 4.75. The number of hydrogen-bond donors (Lipinski definition) is 1. The quantitative estimate of drug-likeness (QED) is 0.832. The molecule has 2 nitrogen and oxygen atoms in total. The van der Waals surface area contributed by atoms with Crippen LogP contribution in [0, 0.1) is 6.92 Å². The molecule has 0 aliphatic carbocycles. The van der Waals surface area contributed by atoms with Gasteiger partial charge in [-0.05, 0) is 41.9 Å². The van der Waals surface area contributed by atoms with Gasteiger partial charge in [-0.25, -0.2) is 0 Å². The summed E-state index contributed by atoms with van der Waals surface area (Å²) in [6.07, 6.45) is 1.19. The van der Waals surface area contributed by atoms with Crippen molar-refractivity contribution in [2.24, 2.45) is 0 Å². The summed E-state index contributed by atoms with van der Waals surface area (Å²) in [5.41, 5.74) is 2.62. The molecule has 0 saturated heterocycles. The minimum Gasteiger partial charge on any atom is -0.342 e. The van der Waals surface area contributed by atoms with E-state index in [-0.39, 0.29) is 0 Å². The lowest BCUT2D eigenvalue weighted by Gasteiger charge is -2.09. The van der Waals surface area contributed by atoms with Gasteiger partial charge < -0.3 is 9.88 Å². The fourth-order valence-electron chi connectivity index (χ4n) is 2.17. The van der Waals surface area contributed by atoms with Crippen LogP contribution in [0.4, 0.5) is 0 Å². The maximum absolute atomic E-state index is 3.68. The molecule has 0 saturated carbocycles. The molecule has 0 amide bonds. The molecule has 1 heterocycles. The molecule has 2 rings (SSSR count). The Balaban J connectivity index is 2.24. The number of fused-ring (bicyclic) bond motifs is 1.